The van der Waals surface area contributed by atoms with Gasteiger partial charge in [0.15, 0.2) is 0 Å². The number of nitrogens with one attached hydrogen (secondary N) is 1. The molecule has 3 rings (SSSR count). The Hall–Kier alpha value is -2.98. The van der Waals surface area contributed by atoms with E-state index < -0.39 is 22.1 Å². The third-order valence-electron chi connectivity index (χ3n) is 4.75. The van der Waals surface area contributed by atoms with Crippen LogP contribution in [0.5, 0.6) is 0 Å². The molecule has 1 saturated heterocycles. The molecule has 0 spiro atoms. The summed E-state index contributed by atoms with van der Waals surface area (Å²) in [4.78, 5) is 27.0. The normalized spacial score (nSPS) is 14.3. The van der Waals surface area contributed by atoms with Crippen LogP contribution in [-0.4, -0.2) is 63.3 Å². The fourth-order valence-electron chi connectivity index (χ4n) is 3.26. The molecule has 0 atom stereocenters. The Labute approximate surface area is 185 Å². The number of halogens is 1. The first-order valence-corrected chi connectivity index (χ1v) is 11.4. The lowest BCUT2D eigenvalue weighted by atomic mass is 10.1. The molecule has 0 saturated carbocycles. The van der Waals surface area contributed by atoms with Gasteiger partial charge in [0.25, 0.3) is 10.0 Å². The Kier molecular flexibility index (Phi) is 6.91. The molecule has 2 aromatic rings. The molecule has 0 radical (unpaired) electrons. The number of nitrogens with zero attached hydrogens (tertiary/aromatic N) is 2. The van der Waals surface area contributed by atoms with Crippen LogP contribution in [0.3, 0.4) is 0 Å². The maximum atomic E-state index is 12.6. The number of anilines is 2. The van der Waals surface area contributed by atoms with Crippen LogP contribution < -0.4 is 9.62 Å². The predicted octanol–water partition coefficient (Wildman–Crippen LogP) is 3.12. The molecule has 2 N–H and O–H groups in total. The van der Waals surface area contributed by atoms with Crippen LogP contribution in [0, 0.1) is 0 Å². The van der Waals surface area contributed by atoms with Crippen LogP contribution in [0.2, 0.25) is 5.02 Å². The van der Waals surface area contributed by atoms with Crippen molar-refractivity contribution in [3.8, 4) is 0 Å². The average molecular weight is 468 g/mol. The minimum atomic E-state index is -3.99. The molecule has 0 aromatic heterocycles. The molecule has 2 aromatic carbocycles. The van der Waals surface area contributed by atoms with Gasteiger partial charge in [-0.05, 0) is 37.3 Å². The Morgan fingerprint density at radius 3 is 2.42 bits per heavy atom. The third-order valence-corrected chi connectivity index (χ3v) is 6.63. The van der Waals surface area contributed by atoms with E-state index in [1.807, 2.05) is 4.90 Å². The van der Waals surface area contributed by atoms with Crippen molar-refractivity contribution < 1.29 is 27.9 Å². The highest BCUT2D eigenvalue weighted by Crippen LogP contribution is 2.28. The number of sulfonamides is 1. The molecule has 1 aliphatic heterocycles. The van der Waals surface area contributed by atoms with Gasteiger partial charge in [0, 0.05) is 31.9 Å². The molecular formula is C20H22ClN3O6S. The van der Waals surface area contributed by atoms with E-state index in [9.17, 15) is 23.1 Å². The summed E-state index contributed by atoms with van der Waals surface area (Å²) in [6.07, 6.45) is -0.398. The summed E-state index contributed by atoms with van der Waals surface area (Å²) in [6, 6.07) is 10.3. The van der Waals surface area contributed by atoms with Crippen molar-refractivity contribution in [1.82, 2.24) is 4.90 Å². The maximum absolute atomic E-state index is 12.6. The van der Waals surface area contributed by atoms with E-state index in [0.29, 0.717) is 31.9 Å². The van der Waals surface area contributed by atoms with Crippen molar-refractivity contribution >= 4 is 45.1 Å². The zero-order chi connectivity index (χ0) is 22.6. The molecule has 1 amide bonds. The number of carbonyl (C=O) groups is 2. The average Bonchev–Trinajstić information content (AvgIpc) is 2.74. The quantitative estimate of drug-likeness (QED) is 0.670. The van der Waals surface area contributed by atoms with Crippen molar-refractivity contribution in [2.45, 2.75) is 11.8 Å². The van der Waals surface area contributed by atoms with Crippen LogP contribution in [0.4, 0.5) is 16.2 Å². The number of carboxylic acid groups (broad SMARTS) is 1. The summed E-state index contributed by atoms with van der Waals surface area (Å²) in [7, 11) is -3.99. The summed E-state index contributed by atoms with van der Waals surface area (Å²) in [6.45, 7) is 3.63. The largest absolute Gasteiger partial charge is 0.478 e. The number of amides is 1. The van der Waals surface area contributed by atoms with E-state index in [4.69, 9.17) is 16.3 Å². The van der Waals surface area contributed by atoms with Crippen molar-refractivity contribution in [3.05, 3.63) is 53.1 Å². The fourth-order valence-corrected chi connectivity index (χ4v) is 4.83. The van der Waals surface area contributed by atoms with Crippen molar-refractivity contribution in [2.24, 2.45) is 0 Å². The summed E-state index contributed by atoms with van der Waals surface area (Å²) in [5.74, 6) is -1.19. The first kappa shape index (κ1) is 22.7. The molecule has 0 aliphatic carbocycles. The number of ether oxygens (including phenoxy) is 1. The number of piperazine rings is 1. The molecule has 0 bridgehead atoms. The van der Waals surface area contributed by atoms with Crippen LogP contribution in [0.25, 0.3) is 0 Å². The topological polar surface area (TPSA) is 116 Å². The van der Waals surface area contributed by atoms with Gasteiger partial charge in [-0.1, -0.05) is 23.7 Å². The van der Waals surface area contributed by atoms with Crippen LogP contribution in [0.15, 0.2) is 47.4 Å². The molecule has 166 valence electrons. The summed E-state index contributed by atoms with van der Waals surface area (Å²) in [5.41, 5.74) is 0.492. The summed E-state index contributed by atoms with van der Waals surface area (Å²) in [5, 5.41) is 9.74. The second-order valence-corrected chi connectivity index (χ2v) is 8.80. The van der Waals surface area contributed by atoms with E-state index in [1.165, 1.54) is 24.3 Å². The first-order valence-electron chi connectivity index (χ1n) is 9.54. The van der Waals surface area contributed by atoms with Gasteiger partial charge in [-0.25, -0.2) is 18.0 Å². The van der Waals surface area contributed by atoms with Gasteiger partial charge in [-0.2, -0.15) is 0 Å². The van der Waals surface area contributed by atoms with Gasteiger partial charge >= 0.3 is 12.1 Å². The summed E-state index contributed by atoms with van der Waals surface area (Å²) >= 11 is 5.98. The minimum absolute atomic E-state index is 0.0519. The number of hydrogen-bond acceptors (Lipinski definition) is 6. The lowest BCUT2D eigenvalue weighted by Gasteiger charge is -2.36. The molecule has 0 unspecified atom stereocenters. The van der Waals surface area contributed by atoms with Gasteiger partial charge in [0.1, 0.15) is 4.90 Å². The molecule has 1 aliphatic rings. The molecule has 31 heavy (non-hydrogen) atoms. The highest BCUT2D eigenvalue weighted by Gasteiger charge is 2.25. The zero-order valence-electron chi connectivity index (χ0n) is 16.7. The highest BCUT2D eigenvalue weighted by molar-refractivity contribution is 7.92. The molecular weight excluding hydrogens is 446 g/mol. The molecule has 1 heterocycles. The third kappa shape index (κ3) is 5.20. The summed E-state index contributed by atoms with van der Waals surface area (Å²) < 4.78 is 32.6. The number of carbonyl (C=O) groups excluding carboxylic acids is 1. The monoisotopic (exact) mass is 467 g/mol. The van der Waals surface area contributed by atoms with Crippen molar-refractivity contribution in [1.29, 1.82) is 0 Å². The molecule has 9 nitrogen and oxygen atoms in total. The SMILES string of the molecule is CCOC(=O)N1CCN(c2ccc(NS(=O)(=O)c3ccccc3Cl)cc2C(=O)O)CC1. The van der Waals surface area contributed by atoms with Crippen LogP contribution >= 0.6 is 11.6 Å². The standard InChI is InChI=1S/C20H22ClN3O6S/c1-2-30-20(27)24-11-9-23(10-12-24)17-8-7-14(13-15(17)19(25)26)22-31(28,29)18-6-4-3-5-16(18)21/h3-8,13,22H,2,9-12H2,1H3,(H,25,26). The molecule has 1 fully saturated rings. The van der Waals surface area contributed by atoms with Crippen LogP contribution in [0.1, 0.15) is 17.3 Å². The van der Waals surface area contributed by atoms with E-state index in [0.717, 1.165) is 0 Å². The number of aromatic carboxylic acids is 1. The number of hydrogen-bond donors (Lipinski definition) is 2. The van der Waals surface area contributed by atoms with E-state index in [1.54, 1.807) is 30.0 Å². The van der Waals surface area contributed by atoms with Gasteiger partial charge in [0.05, 0.1) is 22.9 Å². The Balaban J connectivity index is 1.80. The van der Waals surface area contributed by atoms with E-state index >= 15 is 0 Å². The zero-order valence-corrected chi connectivity index (χ0v) is 18.3. The van der Waals surface area contributed by atoms with Crippen molar-refractivity contribution in [3.63, 3.8) is 0 Å². The fraction of sp³-hybridized carbons (Fsp3) is 0.300. The van der Waals surface area contributed by atoms with Gasteiger partial charge in [-0.3, -0.25) is 4.72 Å². The van der Waals surface area contributed by atoms with Crippen molar-refractivity contribution in [2.75, 3.05) is 42.4 Å². The van der Waals surface area contributed by atoms with E-state index in [-0.39, 0.29) is 27.8 Å². The second-order valence-electron chi connectivity index (χ2n) is 6.75. The van der Waals surface area contributed by atoms with Crippen LogP contribution in [-0.2, 0) is 14.8 Å². The predicted molar refractivity (Wildman–Crippen MR) is 116 cm³/mol. The van der Waals surface area contributed by atoms with E-state index in [2.05, 4.69) is 4.72 Å². The maximum Gasteiger partial charge on any atom is 0.409 e. The number of carboxylic acids is 1. The Morgan fingerprint density at radius 2 is 1.81 bits per heavy atom. The number of rotatable bonds is 6. The second kappa shape index (κ2) is 9.44. The smallest absolute Gasteiger partial charge is 0.409 e. The Morgan fingerprint density at radius 1 is 1.13 bits per heavy atom. The molecule has 11 heteroatoms. The lowest BCUT2D eigenvalue weighted by Crippen LogP contribution is -2.49. The lowest BCUT2D eigenvalue weighted by molar-refractivity contribution is 0.0696. The minimum Gasteiger partial charge on any atom is -0.478 e. The number of benzene rings is 2. The van der Waals surface area contributed by atoms with Gasteiger partial charge < -0.3 is 19.6 Å². The first-order chi connectivity index (χ1) is 14.7. The highest BCUT2D eigenvalue weighted by atomic mass is 35.5. The Bertz CT molecular complexity index is 1080. The van der Waals surface area contributed by atoms with Gasteiger partial charge in [0.2, 0.25) is 0 Å². The van der Waals surface area contributed by atoms with Gasteiger partial charge in [-0.15, -0.1) is 0 Å².